The Morgan fingerprint density at radius 1 is 1.16 bits per heavy atom. The van der Waals surface area contributed by atoms with Gasteiger partial charge in [0.2, 0.25) is 0 Å². The minimum absolute atomic E-state index is 0.0151. The number of aliphatic hydroxyl groups excluding tert-OH is 1. The Labute approximate surface area is 302 Å². The van der Waals surface area contributed by atoms with Crippen LogP contribution < -0.4 is 15.0 Å². The Hall–Kier alpha value is -4.00. The maximum atomic E-state index is 13.5. The standard InChI is InChI=1S/C39H57N5O7/c1-9-12-15-23-49-31-17-14-13-16-28(31)24-29(45)26-40-35(46)30-25-32-41-27(4)33(34(37(47)48-11-3)51-38(5,6)7)36(44(32)42-30)43-20-18-39(8,19-21-43)50-22-10-2/h10,13-14,16-17,25,29,34,45H,2,9,11-12,15,18-24,26H2,1,3-8H3,(H,40,46)/t29?,34-/m0/s1. The molecule has 0 spiro atoms. The summed E-state index contributed by atoms with van der Waals surface area (Å²) in [6.07, 6.45) is 4.73. The van der Waals surface area contributed by atoms with Crippen molar-refractivity contribution in [3.05, 3.63) is 65.5 Å². The molecule has 280 valence electrons. The highest BCUT2D eigenvalue weighted by Gasteiger charge is 2.38. The zero-order chi connectivity index (χ0) is 37.2. The van der Waals surface area contributed by atoms with Crippen LogP contribution in [-0.2, 0) is 25.4 Å². The number of aromatic nitrogens is 3. The second kappa shape index (κ2) is 18.0. The summed E-state index contributed by atoms with van der Waals surface area (Å²) in [6, 6.07) is 9.27. The van der Waals surface area contributed by atoms with Crippen LogP contribution in [0.25, 0.3) is 5.65 Å². The number of nitrogens with zero attached hydrogens (tertiary/aromatic N) is 4. The number of para-hydroxylation sites is 1. The molecule has 4 rings (SSSR count). The average molecular weight is 708 g/mol. The van der Waals surface area contributed by atoms with E-state index in [1.807, 2.05) is 52.0 Å². The summed E-state index contributed by atoms with van der Waals surface area (Å²) in [5.41, 5.74) is 1.52. The number of anilines is 1. The molecule has 2 N–H and O–H groups in total. The van der Waals surface area contributed by atoms with Gasteiger partial charge in [-0.05, 0) is 72.4 Å². The Kier molecular flexibility index (Phi) is 14.0. The second-order valence-corrected chi connectivity index (χ2v) is 14.4. The van der Waals surface area contributed by atoms with Gasteiger partial charge in [0.15, 0.2) is 17.4 Å². The fourth-order valence-corrected chi connectivity index (χ4v) is 6.20. The lowest BCUT2D eigenvalue weighted by molar-refractivity contribution is -0.166. The largest absolute Gasteiger partial charge is 0.493 e. The maximum Gasteiger partial charge on any atom is 0.340 e. The molecule has 1 saturated heterocycles. The molecule has 1 fully saturated rings. The third kappa shape index (κ3) is 10.8. The number of aliphatic hydroxyl groups is 1. The number of hydrogen-bond acceptors (Lipinski definition) is 10. The molecular formula is C39H57N5O7. The lowest BCUT2D eigenvalue weighted by Gasteiger charge is -2.41. The van der Waals surface area contributed by atoms with Crippen molar-refractivity contribution in [2.24, 2.45) is 0 Å². The minimum atomic E-state index is -1.09. The molecule has 0 bridgehead atoms. The number of carbonyl (C=O) groups is 2. The van der Waals surface area contributed by atoms with Crippen LogP contribution in [0.1, 0.15) is 107 Å². The van der Waals surface area contributed by atoms with E-state index >= 15 is 0 Å². The van der Waals surface area contributed by atoms with E-state index < -0.39 is 29.7 Å². The quantitative estimate of drug-likeness (QED) is 0.0932. The zero-order valence-electron chi connectivity index (χ0n) is 31.5. The van der Waals surface area contributed by atoms with Crippen LogP contribution in [0.2, 0.25) is 0 Å². The van der Waals surface area contributed by atoms with Crippen molar-refractivity contribution in [1.29, 1.82) is 0 Å². The number of carbonyl (C=O) groups excluding carboxylic acids is 2. The number of benzene rings is 1. The fourth-order valence-electron chi connectivity index (χ4n) is 6.20. The first-order chi connectivity index (χ1) is 24.3. The number of esters is 1. The molecule has 1 aliphatic heterocycles. The van der Waals surface area contributed by atoms with Crippen LogP contribution in [0.3, 0.4) is 0 Å². The number of ether oxygens (including phenoxy) is 4. The van der Waals surface area contributed by atoms with E-state index in [1.54, 1.807) is 23.6 Å². The van der Waals surface area contributed by atoms with Crippen LogP contribution in [0, 0.1) is 6.92 Å². The molecule has 1 unspecified atom stereocenters. The lowest BCUT2D eigenvalue weighted by atomic mass is 9.92. The van der Waals surface area contributed by atoms with Gasteiger partial charge in [-0.2, -0.15) is 9.61 Å². The molecule has 2 aromatic heterocycles. The van der Waals surface area contributed by atoms with Gasteiger partial charge in [0.25, 0.3) is 5.91 Å². The summed E-state index contributed by atoms with van der Waals surface area (Å²) in [6.45, 7) is 19.7. The van der Waals surface area contributed by atoms with Gasteiger partial charge in [0.1, 0.15) is 11.6 Å². The highest BCUT2D eigenvalue weighted by molar-refractivity contribution is 5.93. The molecule has 2 atom stereocenters. The fraction of sp³-hybridized carbons (Fsp3) is 0.590. The minimum Gasteiger partial charge on any atom is -0.493 e. The van der Waals surface area contributed by atoms with E-state index in [4.69, 9.17) is 29.0 Å². The molecule has 1 aliphatic rings. The highest BCUT2D eigenvalue weighted by atomic mass is 16.6. The third-order valence-electron chi connectivity index (χ3n) is 8.87. The monoisotopic (exact) mass is 707 g/mol. The van der Waals surface area contributed by atoms with Crippen molar-refractivity contribution in [2.75, 3.05) is 44.4 Å². The molecule has 1 aromatic carbocycles. The Balaban J connectivity index is 1.63. The number of fused-ring (bicyclic) bond motifs is 1. The first kappa shape index (κ1) is 39.8. The first-order valence-corrected chi connectivity index (χ1v) is 18.2. The van der Waals surface area contributed by atoms with Crippen molar-refractivity contribution in [3.8, 4) is 5.75 Å². The van der Waals surface area contributed by atoms with Gasteiger partial charge < -0.3 is 34.3 Å². The predicted molar refractivity (Wildman–Crippen MR) is 197 cm³/mol. The molecule has 0 aliphatic carbocycles. The summed E-state index contributed by atoms with van der Waals surface area (Å²) in [7, 11) is 0. The van der Waals surface area contributed by atoms with Gasteiger partial charge in [0.05, 0.1) is 42.7 Å². The molecule has 51 heavy (non-hydrogen) atoms. The summed E-state index contributed by atoms with van der Waals surface area (Å²) < 4.78 is 25.6. The van der Waals surface area contributed by atoms with Gasteiger partial charge in [-0.15, -0.1) is 6.58 Å². The van der Waals surface area contributed by atoms with Crippen LogP contribution in [0.4, 0.5) is 5.82 Å². The average Bonchev–Trinajstić information content (AvgIpc) is 3.51. The maximum absolute atomic E-state index is 13.5. The van der Waals surface area contributed by atoms with Crippen molar-refractivity contribution in [1.82, 2.24) is 19.9 Å². The SMILES string of the molecule is C=CCOC1(C)CCN(c2c([C@H](OC(C)(C)C)C(=O)OCC)c(C)nc3cc(C(=O)NCC(O)Cc4ccccc4OCCCCC)nn23)CC1. The van der Waals surface area contributed by atoms with Crippen molar-refractivity contribution < 1.29 is 33.6 Å². The summed E-state index contributed by atoms with van der Waals surface area (Å²) in [5, 5.41) is 18.5. The number of hydrogen-bond donors (Lipinski definition) is 2. The summed E-state index contributed by atoms with van der Waals surface area (Å²) >= 11 is 0. The molecular weight excluding hydrogens is 650 g/mol. The Bertz CT molecular complexity index is 1620. The highest BCUT2D eigenvalue weighted by Crippen LogP contribution is 2.38. The van der Waals surface area contributed by atoms with E-state index in [1.165, 1.54) is 0 Å². The van der Waals surface area contributed by atoms with Crippen LogP contribution in [0.5, 0.6) is 5.75 Å². The predicted octanol–water partition coefficient (Wildman–Crippen LogP) is 5.92. The molecule has 3 heterocycles. The van der Waals surface area contributed by atoms with Gasteiger partial charge in [-0.25, -0.2) is 9.78 Å². The third-order valence-corrected chi connectivity index (χ3v) is 8.87. The van der Waals surface area contributed by atoms with Gasteiger partial charge in [-0.3, -0.25) is 4.79 Å². The van der Waals surface area contributed by atoms with Gasteiger partial charge in [0, 0.05) is 37.8 Å². The normalized spacial score (nSPS) is 15.7. The summed E-state index contributed by atoms with van der Waals surface area (Å²) in [4.78, 5) is 34.0. The number of aryl methyl sites for hydroxylation is 1. The van der Waals surface area contributed by atoms with Crippen LogP contribution >= 0.6 is 0 Å². The van der Waals surface area contributed by atoms with E-state index in [0.717, 1.165) is 30.6 Å². The molecule has 12 heteroatoms. The van der Waals surface area contributed by atoms with E-state index in [0.29, 0.717) is 68.3 Å². The molecule has 3 aromatic rings. The number of nitrogens with one attached hydrogen (secondary N) is 1. The van der Waals surface area contributed by atoms with Crippen LogP contribution in [0.15, 0.2) is 43.0 Å². The molecule has 0 radical (unpaired) electrons. The van der Waals surface area contributed by atoms with E-state index in [-0.39, 0.29) is 24.4 Å². The van der Waals surface area contributed by atoms with Crippen LogP contribution in [-0.4, -0.2) is 88.3 Å². The smallest absolute Gasteiger partial charge is 0.340 e. The van der Waals surface area contributed by atoms with Gasteiger partial charge >= 0.3 is 5.97 Å². The topological polar surface area (TPSA) is 137 Å². The molecule has 12 nitrogen and oxygen atoms in total. The number of unbranched alkanes of at least 4 members (excludes halogenated alkanes) is 2. The van der Waals surface area contributed by atoms with Crippen molar-refractivity contribution in [2.45, 2.75) is 110 Å². The van der Waals surface area contributed by atoms with E-state index in [9.17, 15) is 14.7 Å². The Morgan fingerprint density at radius 2 is 1.88 bits per heavy atom. The summed E-state index contributed by atoms with van der Waals surface area (Å²) in [5.74, 6) is 0.373. The van der Waals surface area contributed by atoms with Gasteiger partial charge in [-0.1, -0.05) is 44.0 Å². The number of rotatable bonds is 18. The molecule has 1 amide bonds. The zero-order valence-corrected chi connectivity index (χ0v) is 31.5. The molecule has 0 saturated carbocycles. The van der Waals surface area contributed by atoms with E-state index in [2.05, 4.69) is 30.6 Å². The van der Waals surface area contributed by atoms with Crippen molar-refractivity contribution >= 4 is 23.3 Å². The Morgan fingerprint density at radius 3 is 2.55 bits per heavy atom. The first-order valence-electron chi connectivity index (χ1n) is 18.2. The van der Waals surface area contributed by atoms with Crippen molar-refractivity contribution in [3.63, 3.8) is 0 Å². The number of piperidine rings is 1. The lowest BCUT2D eigenvalue weighted by Crippen LogP contribution is -2.45. The number of amides is 1. The second-order valence-electron chi connectivity index (χ2n) is 14.4.